The Hall–Kier alpha value is -2.49. The van der Waals surface area contributed by atoms with Gasteiger partial charge in [-0.25, -0.2) is 0 Å². The van der Waals surface area contributed by atoms with Crippen LogP contribution in [0.5, 0.6) is 5.75 Å². The van der Waals surface area contributed by atoms with E-state index >= 15 is 0 Å². The van der Waals surface area contributed by atoms with Gasteiger partial charge in [-0.15, -0.1) is 0 Å². The average molecular weight is 279 g/mol. The Morgan fingerprint density at radius 3 is 3.05 bits per heavy atom. The summed E-state index contributed by atoms with van der Waals surface area (Å²) in [5, 5.41) is 8.68. The van der Waals surface area contributed by atoms with Crippen molar-refractivity contribution < 1.29 is 4.74 Å². The number of anilines is 1. The van der Waals surface area contributed by atoms with Crippen LogP contribution in [0, 0.1) is 0 Å². The first-order valence-electron chi connectivity index (χ1n) is 7.32. The monoisotopic (exact) mass is 279 g/mol. The van der Waals surface area contributed by atoms with Gasteiger partial charge in [0.25, 0.3) is 0 Å². The zero-order valence-electron chi connectivity index (χ0n) is 12.0. The van der Waals surface area contributed by atoms with Crippen molar-refractivity contribution in [3.8, 4) is 17.0 Å². The number of rotatable bonds is 2. The molecular formula is C17H17N3O. The van der Waals surface area contributed by atoms with Gasteiger partial charge in [-0.05, 0) is 25.1 Å². The minimum absolute atomic E-state index is 0.742. The molecule has 0 unspecified atom stereocenters. The number of benzene rings is 2. The topological polar surface area (TPSA) is 41.1 Å². The maximum atomic E-state index is 5.83. The standard InChI is InChI=1S/C17H17N3O/c1-2-20-9-10-21-16-11-12(7-8-15(16)20)17-13-5-3-4-6-14(13)18-19-17/h3-8,11H,2,9-10H2,1H3,(H,18,19). The highest BCUT2D eigenvalue weighted by Gasteiger charge is 2.18. The maximum Gasteiger partial charge on any atom is 0.143 e. The third-order valence-corrected chi connectivity index (χ3v) is 4.04. The van der Waals surface area contributed by atoms with Gasteiger partial charge in [-0.3, -0.25) is 5.10 Å². The Balaban J connectivity index is 1.83. The van der Waals surface area contributed by atoms with E-state index in [0.717, 1.165) is 47.6 Å². The number of hydrogen-bond donors (Lipinski definition) is 1. The molecular weight excluding hydrogens is 262 g/mol. The number of fused-ring (bicyclic) bond motifs is 2. The minimum Gasteiger partial charge on any atom is -0.490 e. The van der Waals surface area contributed by atoms with Gasteiger partial charge in [-0.2, -0.15) is 5.10 Å². The molecule has 1 aliphatic rings. The van der Waals surface area contributed by atoms with Gasteiger partial charge in [0, 0.05) is 17.5 Å². The molecule has 4 heteroatoms. The Labute approximate surface area is 123 Å². The lowest BCUT2D eigenvalue weighted by Crippen LogP contribution is -2.32. The van der Waals surface area contributed by atoms with E-state index in [0.29, 0.717) is 0 Å². The number of H-pyrrole nitrogens is 1. The fourth-order valence-corrected chi connectivity index (χ4v) is 2.94. The first-order valence-corrected chi connectivity index (χ1v) is 7.32. The number of para-hydroxylation sites is 1. The molecule has 0 atom stereocenters. The molecule has 1 aliphatic heterocycles. The molecule has 0 bridgehead atoms. The van der Waals surface area contributed by atoms with Gasteiger partial charge in [0.15, 0.2) is 0 Å². The molecule has 0 amide bonds. The van der Waals surface area contributed by atoms with Crippen LogP contribution < -0.4 is 9.64 Å². The summed E-state index contributed by atoms with van der Waals surface area (Å²) < 4.78 is 5.83. The summed E-state index contributed by atoms with van der Waals surface area (Å²) >= 11 is 0. The smallest absolute Gasteiger partial charge is 0.143 e. The van der Waals surface area contributed by atoms with Crippen LogP contribution in [0.25, 0.3) is 22.2 Å². The fourth-order valence-electron chi connectivity index (χ4n) is 2.94. The van der Waals surface area contributed by atoms with Crippen molar-refractivity contribution in [1.29, 1.82) is 0 Å². The van der Waals surface area contributed by atoms with Gasteiger partial charge in [-0.1, -0.05) is 24.3 Å². The number of hydrogen-bond acceptors (Lipinski definition) is 3. The van der Waals surface area contributed by atoms with E-state index in [1.54, 1.807) is 0 Å². The van der Waals surface area contributed by atoms with Gasteiger partial charge in [0.1, 0.15) is 18.1 Å². The molecule has 4 nitrogen and oxygen atoms in total. The second kappa shape index (κ2) is 4.81. The number of aromatic amines is 1. The molecule has 0 aliphatic carbocycles. The number of likely N-dealkylation sites (N-methyl/N-ethyl adjacent to an activating group) is 1. The Morgan fingerprint density at radius 2 is 2.14 bits per heavy atom. The van der Waals surface area contributed by atoms with Crippen LogP contribution in [0.1, 0.15) is 6.92 Å². The summed E-state index contributed by atoms with van der Waals surface area (Å²) in [6, 6.07) is 14.5. The van der Waals surface area contributed by atoms with Crippen molar-refractivity contribution in [2.45, 2.75) is 6.92 Å². The Bertz CT molecular complexity index is 794. The molecule has 0 radical (unpaired) electrons. The third kappa shape index (κ3) is 1.95. The number of nitrogens with one attached hydrogen (secondary N) is 1. The van der Waals surface area contributed by atoms with Crippen molar-refractivity contribution in [2.75, 3.05) is 24.6 Å². The quantitative estimate of drug-likeness (QED) is 0.781. The Morgan fingerprint density at radius 1 is 1.24 bits per heavy atom. The highest BCUT2D eigenvalue weighted by molar-refractivity contribution is 5.93. The highest BCUT2D eigenvalue weighted by atomic mass is 16.5. The first-order chi connectivity index (χ1) is 10.4. The van der Waals surface area contributed by atoms with Crippen molar-refractivity contribution in [2.24, 2.45) is 0 Å². The normalized spacial score (nSPS) is 14.0. The van der Waals surface area contributed by atoms with E-state index < -0.39 is 0 Å². The van der Waals surface area contributed by atoms with Crippen molar-refractivity contribution in [3.05, 3.63) is 42.5 Å². The van der Waals surface area contributed by atoms with Crippen LogP contribution >= 0.6 is 0 Å². The summed E-state index contributed by atoms with van der Waals surface area (Å²) in [6.07, 6.45) is 0. The van der Waals surface area contributed by atoms with Gasteiger partial charge in [0.05, 0.1) is 17.7 Å². The van der Waals surface area contributed by atoms with Crippen molar-refractivity contribution >= 4 is 16.6 Å². The summed E-state index contributed by atoms with van der Waals surface area (Å²) in [5.74, 6) is 0.952. The maximum absolute atomic E-state index is 5.83. The van der Waals surface area contributed by atoms with Crippen molar-refractivity contribution in [1.82, 2.24) is 10.2 Å². The van der Waals surface area contributed by atoms with E-state index in [1.807, 2.05) is 18.2 Å². The molecule has 3 aromatic rings. The molecule has 1 aromatic heterocycles. The highest BCUT2D eigenvalue weighted by Crippen LogP contribution is 2.36. The number of ether oxygens (including phenoxy) is 1. The molecule has 0 spiro atoms. The Kier molecular flexibility index (Phi) is 2.81. The second-order valence-electron chi connectivity index (χ2n) is 5.23. The predicted octanol–water partition coefficient (Wildman–Crippen LogP) is 3.45. The minimum atomic E-state index is 0.742. The molecule has 1 N–H and O–H groups in total. The first kappa shape index (κ1) is 12.3. The van der Waals surface area contributed by atoms with E-state index in [2.05, 4.69) is 46.3 Å². The number of aromatic nitrogens is 2. The van der Waals surface area contributed by atoms with E-state index in [4.69, 9.17) is 4.74 Å². The van der Waals surface area contributed by atoms with Crippen LogP contribution in [-0.4, -0.2) is 29.9 Å². The van der Waals surface area contributed by atoms with Crippen LogP contribution in [0.2, 0.25) is 0 Å². The zero-order valence-corrected chi connectivity index (χ0v) is 12.0. The molecule has 0 fully saturated rings. The summed E-state index contributed by atoms with van der Waals surface area (Å²) in [5.41, 5.74) is 4.29. The largest absolute Gasteiger partial charge is 0.490 e. The lowest BCUT2D eigenvalue weighted by Gasteiger charge is -2.30. The molecule has 21 heavy (non-hydrogen) atoms. The van der Waals surface area contributed by atoms with E-state index in [9.17, 15) is 0 Å². The van der Waals surface area contributed by atoms with Crippen LogP contribution in [-0.2, 0) is 0 Å². The summed E-state index contributed by atoms with van der Waals surface area (Å²) in [7, 11) is 0. The lowest BCUT2D eigenvalue weighted by atomic mass is 10.1. The third-order valence-electron chi connectivity index (χ3n) is 4.04. The molecule has 106 valence electrons. The van der Waals surface area contributed by atoms with Gasteiger partial charge >= 0.3 is 0 Å². The molecule has 4 rings (SSSR count). The van der Waals surface area contributed by atoms with E-state index in [-0.39, 0.29) is 0 Å². The molecule has 2 aromatic carbocycles. The molecule has 2 heterocycles. The van der Waals surface area contributed by atoms with Gasteiger partial charge in [0.2, 0.25) is 0 Å². The molecule has 0 saturated carbocycles. The van der Waals surface area contributed by atoms with Crippen molar-refractivity contribution in [3.63, 3.8) is 0 Å². The predicted molar refractivity (Wildman–Crippen MR) is 84.9 cm³/mol. The van der Waals surface area contributed by atoms with Gasteiger partial charge < -0.3 is 9.64 Å². The average Bonchev–Trinajstić information content (AvgIpc) is 2.97. The van der Waals surface area contributed by atoms with Crippen LogP contribution in [0.15, 0.2) is 42.5 Å². The lowest BCUT2D eigenvalue weighted by molar-refractivity contribution is 0.308. The van der Waals surface area contributed by atoms with Crippen LogP contribution in [0.4, 0.5) is 5.69 Å². The van der Waals surface area contributed by atoms with Crippen LogP contribution in [0.3, 0.4) is 0 Å². The summed E-state index contributed by atoms with van der Waals surface area (Å²) in [4.78, 5) is 2.34. The number of nitrogens with zero attached hydrogens (tertiary/aromatic N) is 2. The molecule has 0 saturated heterocycles. The van der Waals surface area contributed by atoms with E-state index in [1.165, 1.54) is 5.69 Å². The zero-order chi connectivity index (χ0) is 14.2. The fraction of sp³-hybridized carbons (Fsp3) is 0.235. The second-order valence-corrected chi connectivity index (χ2v) is 5.23. The summed E-state index contributed by atoms with van der Waals surface area (Å²) in [6.45, 7) is 4.87. The SMILES string of the molecule is CCN1CCOc2cc(-c3n[nH]c4ccccc34)ccc21.